The molecule has 0 aliphatic heterocycles. The van der Waals surface area contributed by atoms with E-state index in [4.69, 9.17) is 9.47 Å². The van der Waals surface area contributed by atoms with Crippen molar-refractivity contribution in [2.24, 2.45) is 0 Å². The van der Waals surface area contributed by atoms with Crippen LogP contribution >= 0.6 is 15.9 Å². The first kappa shape index (κ1) is 17.9. The molecule has 1 aromatic carbocycles. The van der Waals surface area contributed by atoms with Crippen LogP contribution in [0.25, 0.3) is 0 Å². The normalized spacial score (nSPS) is 12.6. The first-order valence-electron chi connectivity index (χ1n) is 6.81. The van der Waals surface area contributed by atoms with Crippen molar-refractivity contribution in [1.82, 2.24) is 0 Å². The highest BCUT2D eigenvalue weighted by Gasteiger charge is 2.27. The molecule has 1 atom stereocenters. The van der Waals surface area contributed by atoms with E-state index in [9.17, 15) is 9.59 Å². The van der Waals surface area contributed by atoms with E-state index in [1.54, 1.807) is 0 Å². The Bertz CT molecular complexity index is 470. The SMILES string of the molecule is C[Si](C)(C)CCOC(=O)C(Br)C(=O)OCc1ccccc1. The molecule has 0 fully saturated rings. The zero-order valence-corrected chi connectivity index (χ0v) is 15.2. The predicted molar refractivity (Wildman–Crippen MR) is 88.1 cm³/mol. The number of rotatable bonds is 7. The van der Waals surface area contributed by atoms with Gasteiger partial charge in [-0.15, -0.1) is 0 Å². The van der Waals surface area contributed by atoms with Crippen LogP contribution < -0.4 is 0 Å². The summed E-state index contributed by atoms with van der Waals surface area (Å²) < 4.78 is 10.2. The second-order valence-electron chi connectivity index (χ2n) is 5.93. The second-order valence-corrected chi connectivity index (χ2v) is 12.5. The molecule has 0 spiro atoms. The standard InChI is InChI=1S/C15H21BrO4Si/c1-21(2,3)10-9-19-14(17)13(16)15(18)20-11-12-7-5-4-6-8-12/h4-8,13H,9-11H2,1-3H3. The van der Waals surface area contributed by atoms with E-state index >= 15 is 0 Å². The van der Waals surface area contributed by atoms with Gasteiger partial charge in [0.2, 0.25) is 4.83 Å². The zero-order chi connectivity index (χ0) is 15.9. The summed E-state index contributed by atoms with van der Waals surface area (Å²) in [5, 5.41) is 0. The number of benzene rings is 1. The van der Waals surface area contributed by atoms with E-state index < -0.39 is 24.8 Å². The van der Waals surface area contributed by atoms with Gasteiger partial charge in [-0.25, -0.2) is 0 Å². The van der Waals surface area contributed by atoms with Gasteiger partial charge in [-0.1, -0.05) is 65.9 Å². The fourth-order valence-corrected chi connectivity index (χ4v) is 2.41. The number of hydrogen-bond donors (Lipinski definition) is 0. The van der Waals surface area contributed by atoms with E-state index in [1.165, 1.54) is 0 Å². The molecule has 1 aromatic rings. The van der Waals surface area contributed by atoms with Crippen molar-refractivity contribution in [1.29, 1.82) is 0 Å². The topological polar surface area (TPSA) is 52.6 Å². The van der Waals surface area contributed by atoms with Gasteiger partial charge in [-0.2, -0.15) is 0 Å². The van der Waals surface area contributed by atoms with Gasteiger partial charge in [0.25, 0.3) is 0 Å². The summed E-state index contributed by atoms with van der Waals surface area (Å²) in [5.74, 6) is -1.22. The third kappa shape index (κ3) is 7.43. The van der Waals surface area contributed by atoms with Crippen LogP contribution in [0.5, 0.6) is 0 Å². The lowest BCUT2D eigenvalue weighted by molar-refractivity contribution is -0.153. The Kier molecular flexibility index (Phi) is 7.11. The highest BCUT2D eigenvalue weighted by molar-refractivity contribution is 9.10. The minimum atomic E-state index is -1.25. The number of carbonyl (C=O) groups excluding carboxylic acids is 2. The molecule has 0 aliphatic rings. The summed E-state index contributed by atoms with van der Waals surface area (Å²) in [6.07, 6.45) is 0. The molecule has 0 saturated carbocycles. The average Bonchev–Trinajstić information content (AvgIpc) is 2.43. The number of hydrogen-bond acceptors (Lipinski definition) is 4. The molecule has 1 rings (SSSR count). The Morgan fingerprint density at radius 3 is 2.24 bits per heavy atom. The summed E-state index contributed by atoms with van der Waals surface area (Å²) >= 11 is 3.03. The Morgan fingerprint density at radius 1 is 1.10 bits per heavy atom. The lowest BCUT2D eigenvalue weighted by Gasteiger charge is -2.16. The van der Waals surface area contributed by atoms with Crippen LogP contribution in [0, 0.1) is 0 Å². The van der Waals surface area contributed by atoms with Crippen molar-refractivity contribution in [2.75, 3.05) is 6.61 Å². The van der Waals surface area contributed by atoms with Crippen LogP contribution in [0.3, 0.4) is 0 Å². The van der Waals surface area contributed by atoms with E-state index in [2.05, 4.69) is 35.6 Å². The summed E-state index contributed by atoms with van der Waals surface area (Å²) in [6.45, 7) is 7.08. The molecule has 0 amide bonds. The Morgan fingerprint density at radius 2 is 1.67 bits per heavy atom. The zero-order valence-electron chi connectivity index (χ0n) is 12.6. The third-order valence-electron chi connectivity index (χ3n) is 2.73. The van der Waals surface area contributed by atoms with Gasteiger partial charge >= 0.3 is 11.9 Å². The molecule has 1 unspecified atom stereocenters. The molecule has 0 bridgehead atoms. The van der Waals surface area contributed by atoms with Crippen molar-refractivity contribution in [2.45, 2.75) is 37.1 Å². The first-order valence-corrected chi connectivity index (χ1v) is 11.4. The fourth-order valence-electron chi connectivity index (χ4n) is 1.43. The molecule has 116 valence electrons. The van der Waals surface area contributed by atoms with Crippen molar-refractivity contribution < 1.29 is 19.1 Å². The van der Waals surface area contributed by atoms with Crippen LogP contribution in [0.2, 0.25) is 25.7 Å². The highest BCUT2D eigenvalue weighted by atomic mass is 79.9. The van der Waals surface area contributed by atoms with Gasteiger partial charge in [0.15, 0.2) is 0 Å². The van der Waals surface area contributed by atoms with Gasteiger partial charge in [-0.3, -0.25) is 9.59 Å². The molecular weight excluding hydrogens is 352 g/mol. The number of esters is 2. The van der Waals surface area contributed by atoms with Crippen molar-refractivity contribution in [3.63, 3.8) is 0 Å². The highest BCUT2D eigenvalue weighted by Crippen LogP contribution is 2.11. The molecule has 0 N–H and O–H groups in total. The number of ether oxygens (including phenoxy) is 2. The summed E-state index contributed by atoms with van der Waals surface area (Å²) in [7, 11) is -1.25. The average molecular weight is 373 g/mol. The molecule has 0 aromatic heterocycles. The van der Waals surface area contributed by atoms with Crippen LogP contribution in [0.15, 0.2) is 30.3 Å². The van der Waals surface area contributed by atoms with Gasteiger partial charge in [0.05, 0.1) is 6.61 Å². The van der Waals surface area contributed by atoms with E-state index in [0.29, 0.717) is 6.61 Å². The van der Waals surface area contributed by atoms with E-state index in [0.717, 1.165) is 11.6 Å². The fraction of sp³-hybridized carbons (Fsp3) is 0.467. The second kappa shape index (κ2) is 8.34. The third-order valence-corrected chi connectivity index (χ3v) is 5.19. The number of halogens is 1. The maximum atomic E-state index is 11.8. The molecule has 4 nitrogen and oxygen atoms in total. The van der Waals surface area contributed by atoms with Crippen molar-refractivity contribution in [3.8, 4) is 0 Å². The maximum absolute atomic E-state index is 11.8. The molecule has 6 heteroatoms. The Balaban J connectivity index is 2.34. The van der Waals surface area contributed by atoms with Crippen LogP contribution in [-0.2, 0) is 25.7 Å². The largest absolute Gasteiger partial charge is 0.465 e. The molecule has 0 radical (unpaired) electrons. The lowest BCUT2D eigenvalue weighted by Crippen LogP contribution is -2.30. The summed E-state index contributed by atoms with van der Waals surface area (Å²) in [5.41, 5.74) is 0.873. The van der Waals surface area contributed by atoms with Crippen LogP contribution in [0.4, 0.5) is 0 Å². The molecule has 0 saturated heterocycles. The van der Waals surface area contributed by atoms with Gasteiger partial charge in [0, 0.05) is 8.07 Å². The van der Waals surface area contributed by atoms with Crippen LogP contribution in [0.1, 0.15) is 5.56 Å². The molecule has 21 heavy (non-hydrogen) atoms. The minimum Gasteiger partial charge on any atom is -0.465 e. The van der Waals surface area contributed by atoms with Crippen molar-refractivity contribution in [3.05, 3.63) is 35.9 Å². The van der Waals surface area contributed by atoms with Crippen molar-refractivity contribution >= 4 is 35.9 Å². The Labute approximate surface area is 135 Å². The molecule has 0 aliphatic carbocycles. The van der Waals surface area contributed by atoms with Gasteiger partial charge < -0.3 is 9.47 Å². The maximum Gasteiger partial charge on any atom is 0.331 e. The first-order chi connectivity index (χ1) is 9.79. The number of alkyl halides is 1. The summed E-state index contributed by atoms with van der Waals surface area (Å²) in [4.78, 5) is 22.4. The van der Waals surface area contributed by atoms with E-state index in [-0.39, 0.29) is 6.61 Å². The van der Waals surface area contributed by atoms with Gasteiger partial charge in [0.1, 0.15) is 6.61 Å². The van der Waals surface area contributed by atoms with Crippen LogP contribution in [-0.4, -0.2) is 31.4 Å². The lowest BCUT2D eigenvalue weighted by atomic mass is 10.2. The van der Waals surface area contributed by atoms with E-state index in [1.807, 2.05) is 30.3 Å². The number of carbonyl (C=O) groups is 2. The molecule has 0 heterocycles. The predicted octanol–water partition coefficient (Wildman–Crippen LogP) is 3.37. The smallest absolute Gasteiger partial charge is 0.331 e. The molecular formula is C15H21BrO4Si. The minimum absolute atomic E-state index is 0.143. The quantitative estimate of drug-likeness (QED) is 0.318. The monoisotopic (exact) mass is 372 g/mol. The Hall–Kier alpha value is -1.14. The van der Waals surface area contributed by atoms with Gasteiger partial charge in [-0.05, 0) is 11.6 Å². The summed E-state index contributed by atoms with van der Waals surface area (Å²) in [6, 6.07) is 10.2.